The van der Waals surface area contributed by atoms with Gasteiger partial charge in [0.25, 0.3) is 0 Å². The lowest BCUT2D eigenvalue weighted by Crippen LogP contribution is -2.63. The van der Waals surface area contributed by atoms with E-state index >= 15 is 0 Å². The van der Waals surface area contributed by atoms with Gasteiger partial charge in [-0.05, 0) is 51.3 Å². The molecule has 4 rings (SSSR count). The highest BCUT2D eigenvalue weighted by Crippen LogP contribution is 2.33. The number of amides is 3. The first-order valence-corrected chi connectivity index (χ1v) is 12.2. The number of carbonyl (C=O) groups is 3. The Bertz CT molecular complexity index is 934. The van der Waals surface area contributed by atoms with Gasteiger partial charge in [0.1, 0.15) is 5.54 Å². The number of nitrogens with zero attached hydrogens (tertiary/aromatic N) is 2. The van der Waals surface area contributed by atoms with Gasteiger partial charge in [-0.1, -0.05) is 36.8 Å². The Morgan fingerprint density at radius 2 is 1.76 bits per heavy atom. The zero-order valence-electron chi connectivity index (χ0n) is 19.8. The van der Waals surface area contributed by atoms with Gasteiger partial charge in [0.05, 0.1) is 18.2 Å². The number of primary amides is 1. The Labute approximate surface area is 200 Å². The van der Waals surface area contributed by atoms with Crippen LogP contribution in [0.2, 0.25) is 0 Å². The van der Waals surface area contributed by atoms with E-state index in [0.717, 1.165) is 31.5 Å². The molecule has 0 spiro atoms. The molecule has 3 heterocycles. The fourth-order valence-electron chi connectivity index (χ4n) is 5.43. The normalized spacial score (nSPS) is 23.7. The van der Waals surface area contributed by atoms with Gasteiger partial charge in [-0.15, -0.1) is 0 Å². The Balaban J connectivity index is 1.56. The van der Waals surface area contributed by atoms with E-state index in [-0.39, 0.29) is 18.5 Å². The average Bonchev–Trinajstić information content (AvgIpc) is 2.85. The number of rotatable bonds is 7. The Morgan fingerprint density at radius 3 is 2.38 bits per heavy atom. The maximum atomic E-state index is 13.0. The Morgan fingerprint density at radius 1 is 1.09 bits per heavy atom. The smallest absolute Gasteiger partial charge is 0.338 e. The molecule has 2 fully saturated rings. The van der Waals surface area contributed by atoms with Crippen molar-refractivity contribution >= 4 is 17.9 Å². The lowest BCUT2D eigenvalue weighted by molar-refractivity contribution is -0.139. The van der Waals surface area contributed by atoms with E-state index in [2.05, 4.69) is 20.4 Å². The van der Waals surface area contributed by atoms with Crippen LogP contribution in [0.5, 0.6) is 0 Å². The molecule has 0 radical (unpaired) electrons. The van der Waals surface area contributed by atoms with Crippen molar-refractivity contribution in [3.63, 3.8) is 0 Å². The molecule has 1 aromatic rings. The first kappa shape index (κ1) is 24.2. The zero-order chi connectivity index (χ0) is 24.1. The summed E-state index contributed by atoms with van der Waals surface area (Å²) in [5.41, 5.74) is 7.08. The van der Waals surface area contributed by atoms with E-state index in [0.29, 0.717) is 43.7 Å². The molecule has 0 aliphatic carbocycles. The molecular weight excluding hydrogens is 434 g/mol. The monoisotopic (exact) mass is 469 g/mol. The highest BCUT2D eigenvalue weighted by Gasteiger charge is 2.45. The molecular formula is C25H35N5O4. The molecule has 9 nitrogen and oxygen atoms in total. The minimum Gasteiger partial charge on any atom is -0.463 e. The largest absolute Gasteiger partial charge is 0.463 e. The number of piperidine rings is 2. The number of ether oxygens (including phenoxy) is 1. The van der Waals surface area contributed by atoms with Gasteiger partial charge in [0.15, 0.2) is 0 Å². The molecule has 0 unspecified atom stereocenters. The second-order valence-corrected chi connectivity index (χ2v) is 9.27. The number of hydrogen-bond acceptors (Lipinski definition) is 6. The second kappa shape index (κ2) is 10.6. The summed E-state index contributed by atoms with van der Waals surface area (Å²) >= 11 is 0. The fourth-order valence-corrected chi connectivity index (χ4v) is 5.43. The number of carbonyl (C=O) groups excluding carboxylic acids is 3. The van der Waals surface area contributed by atoms with E-state index < -0.39 is 17.6 Å². The highest BCUT2D eigenvalue weighted by molar-refractivity contribution is 5.95. The SMILES string of the molecule is CCOC(=O)C1=C(CN2CCC(C(N)=O)(N3CCCCC3)CC2)NC(=O)N[C@@H]1c1ccccc1. The molecule has 1 atom stereocenters. The number of urea groups is 1. The van der Waals surface area contributed by atoms with E-state index in [4.69, 9.17) is 10.5 Å². The summed E-state index contributed by atoms with van der Waals surface area (Å²) in [7, 11) is 0. The van der Waals surface area contributed by atoms with Crippen molar-refractivity contribution in [2.45, 2.75) is 50.6 Å². The molecule has 2 saturated heterocycles. The van der Waals surface area contributed by atoms with Crippen LogP contribution in [0.1, 0.15) is 50.6 Å². The van der Waals surface area contributed by atoms with Gasteiger partial charge in [-0.25, -0.2) is 9.59 Å². The minimum atomic E-state index is -0.612. The van der Waals surface area contributed by atoms with Crippen molar-refractivity contribution in [2.24, 2.45) is 5.73 Å². The molecule has 9 heteroatoms. The number of hydrogen-bond donors (Lipinski definition) is 3. The number of nitrogens with one attached hydrogen (secondary N) is 2. The van der Waals surface area contributed by atoms with Gasteiger partial charge >= 0.3 is 12.0 Å². The van der Waals surface area contributed by atoms with Crippen molar-refractivity contribution in [1.29, 1.82) is 0 Å². The molecule has 3 aliphatic rings. The Kier molecular flexibility index (Phi) is 7.53. The third-order valence-electron chi connectivity index (χ3n) is 7.27. The first-order valence-electron chi connectivity index (χ1n) is 12.2. The number of nitrogens with two attached hydrogens (primary N) is 1. The van der Waals surface area contributed by atoms with Crippen LogP contribution in [-0.4, -0.2) is 72.6 Å². The maximum Gasteiger partial charge on any atom is 0.338 e. The lowest BCUT2D eigenvalue weighted by Gasteiger charge is -2.48. The summed E-state index contributed by atoms with van der Waals surface area (Å²) in [5.74, 6) is -0.699. The van der Waals surface area contributed by atoms with Crippen molar-refractivity contribution in [1.82, 2.24) is 20.4 Å². The van der Waals surface area contributed by atoms with Crippen LogP contribution in [0.3, 0.4) is 0 Å². The third-order valence-corrected chi connectivity index (χ3v) is 7.27. The van der Waals surface area contributed by atoms with Gasteiger partial charge in [-0.2, -0.15) is 0 Å². The van der Waals surface area contributed by atoms with Crippen LogP contribution in [0.4, 0.5) is 4.79 Å². The summed E-state index contributed by atoms with van der Waals surface area (Å²) in [4.78, 5) is 42.5. The van der Waals surface area contributed by atoms with Crippen LogP contribution in [0, 0.1) is 0 Å². The number of benzene rings is 1. The molecule has 3 aliphatic heterocycles. The predicted octanol–water partition coefficient (Wildman–Crippen LogP) is 1.66. The molecule has 1 aromatic carbocycles. The topological polar surface area (TPSA) is 117 Å². The van der Waals surface area contributed by atoms with Gasteiger partial charge < -0.3 is 21.1 Å². The van der Waals surface area contributed by atoms with Crippen LogP contribution in [-0.2, 0) is 14.3 Å². The van der Waals surface area contributed by atoms with E-state index in [9.17, 15) is 14.4 Å². The summed E-state index contributed by atoms with van der Waals surface area (Å²) in [5, 5.41) is 5.71. The summed E-state index contributed by atoms with van der Waals surface area (Å²) in [6, 6.07) is 8.46. The van der Waals surface area contributed by atoms with E-state index in [1.165, 1.54) is 6.42 Å². The van der Waals surface area contributed by atoms with Gasteiger partial charge in [0.2, 0.25) is 5.91 Å². The zero-order valence-corrected chi connectivity index (χ0v) is 19.8. The standard InChI is InChI=1S/C25H35N5O4/c1-2-34-22(31)20-19(27-24(33)28-21(20)18-9-5-3-6-10-18)17-29-15-11-25(12-16-29,23(26)32)30-13-7-4-8-14-30/h3,5-6,9-10,21H,2,4,7-8,11-17H2,1H3,(H2,26,32)(H2,27,28,33)/t21-/m1/s1. The maximum absolute atomic E-state index is 13.0. The van der Waals surface area contributed by atoms with Crippen molar-refractivity contribution in [3.8, 4) is 0 Å². The van der Waals surface area contributed by atoms with Gasteiger partial charge in [-0.3, -0.25) is 14.6 Å². The molecule has 0 aromatic heterocycles. The summed E-state index contributed by atoms with van der Waals surface area (Å²) < 4.78 is 5.36. The molecule has 0 saturated carbocycles. The summed E-state index contributed by atoms with van der Waals surface area (Å²) in [6.45, 7) is 5.50. The molecule has 0 bridgehead atoms. The quantitative estimate of drug-likeness (QED) is 0.523. The lowest BCUT2D eigenvalue weighted by atomic mass is 9.83. The number of esters is 1. The first-order chi connectivity index (χ1) is 16.4. The van der Waals surface area contributed by atoms with E-state index in [1.54, 1.807) is 6.92 Å². The average molecular weight is 470 g/mol. The predicted molar refractivity (Wildman–Crippen MR) is 128 cm³/mol. The highest BCUT2D eigenvalue weighted by atomic mass is 16.5. The van der Waals surface area contributed by atoms with Crippen molar-refractivity contribution < 1.29 is 19.1 Å². The molecule has 34 heavy (non-hydrogen) atoms. The number of likely N-dealkylation sites (tertiary alicyclic amines) is 2. The molecule has 4 N–H and O–H groups in total. The third kappa shape index (κ3) is 4.95. The van der Waals surface area contributed by atoms with Crippen molar-refractivity contribution in [2.75, 3.05) is 39.3 Å². The van der Waals surface area contributed by atoms with Gasteiger partial charge in [0, 0.05) is 25.3 Å². The minimum absolute atomic E-state index is 0.242. The van der Waals surface area contributed by atoms with Crippen LogP contribution in [0.25, 0.3) is 0 Å². The van der Waals surface area contributed by atoms with Crippen LogP contribution >= 0.6 is 0 Å². The van der Waals surface area contributed by atoms with Crippen LogP contribution < -0.4 is 16.4 Å². The molecule has 3 amide bonds. The molecule has 184 valence electrons. The second-order valence-electron chi connectivity index (χ2n) is 9.27. The van der Waals surface area contributed by atoms with Crippen LogP contribution in [0.15, 0.2) is 41.6 Å². The van der Waals surface area contributed by atoms with Crippen molar-refractivity contribution in [3.05, 3.63) is 47.2 Å². The van der Waals surface area contributed by atoms with E-state index in [1.807, 2.05) is 30.3 Å². The fraction of sp³-hybridized carbons (Fsp3) is 0.560. The summed E-state index contributed by atoms with van der Waals surface area (Å²) in [6.07, 6.45) is 4.65. The Hall–Kier alpha value is -2.91.